The van der Waals surface area contributed by atoms with Crippen molar-refractivity contribution >= 4 is 17.9 Å². The molecule has 1 N–H and O–H groups in total. The number of allylic oxidation sites excluding steroid dienone is 20. The average molecular weight is 877 g/mol. The maximum absolute atomic E-state index is 12.8. The fourth-order valence-electron chi connectivity index (χ4n) is 5.59. The summed E-state index contributed by atoms with van der Waals surface area (Å²) < 4.78 is 22.7. The van der Waals surface area contributed by atoms with Gasteiger partial charge in [-0.05, 0) is 103 Å². The number of ether oxygens (including phenoxy) is 4. The van der Waals surface area contributed by atoms with Crippen LogP contribution < -0.4 is 0 Å². The first-order valence-electron chi connectivity index (χ1n) is 23.7. The van der Waals surface area contributed by atoms with E-state index in [1.807, 2.05) is 21.1 Å². The predicted molar refractivity (Wildman–Crippen MR) is 262 cm³/mol. The van der Waals surface area contributed by atoms with Crippen molar-refractivity contribution in [1.29, 1.82) is 0 Å². The number of carbonyl (C=O) groups is 3. The Morgan fingerprint density at radius 3 is 1.24 bits per heavy atom. The highest BCUT2D eigenvalue weighted by atomic mass is 16.7. The third-order valence-corrected chi connectivity index (χ3v) is 9.21. The van der Waals surface area contributed by atoms with Gasteiger partial charge in [0.2, 0.25) is 0 Å². The lowest BCUT2D eigenvalue weighted by Gasteiger charge is -2.25. The molecule has 0 bridgehead atoms. The Kier molecular flexibility index (Phi) is 41.3. The van der Waals surface area contributed by atoms with Crippen LogP contribution in [-0.4, -0.2) is 87.4 Å². The van der Waals surface area contributed by atoms with Crippen molar-refractivity contribution < 1.29 is 42.9 Å². The topological polar surface area (TPSA) is 108 Å². The third-order valence-electron chi connectivity index (χ3n) is 9.21. The molecule has 0 aliphatic carbocycles. The van der Waals surface area contributed by atoms with E-state index in [0.29, 0.717) is 23.9 Å². The summed E-state index contributed by atoms with van der Waals surface area (Å²) in [4.78, 5) is 37.1. The summed E-state index contributed by atoms with van der Waals surface area (Å²) in [5.74, 6) is -2.12. The van der Waals surface area contributed by atoms with Crippen LogP contribution in [0.4, 0.5) is 0 Å². The zero-order valence-corrected chi connectivity index (χ0v) is 39.9. The van der Waals surface area contributed by atoms with Gasteiger partial charge in [-0.2, -0.15) is 0 Å². The normalized spacial score (nSPS) is 14.0. The number of hydrogen-bond acceptors (Lipinski definition) is 7. The lowest BCUT2D eigenvalue weighted by Crippen LogP contribution is -2.40. The van der Waals surface area contributed by atoms with Gasteiger partial charge in [-0.3, -0.25) is 9.59 Å². The number of carboxylic acids is 1. The summed E-state index contributed by atoms with van der Waals surface area (Å²) in [7, 11) is 5.92. The molecule has 0 spiro atoms. The van der Waals surface area contributed by atoms with E-state index in [4.69, 9.17) is 18.9 Å². The van der Waals surface area contributed by atoms with Gasteiger partial charge in [0.15, 0.2) is 6.10 Å². The van der Waals surface area contributed by atoms with Crippen molar-refractivity contribution in [3.05, 3.63) is 122 Å². The van der Waals surface area contributed by atoms with Gasteiger partial charge in [0.05, 0.1) is 34.4 Å². The van der Waals surface area contributed by atoms with Crippen LogP contribution in [0, 0.1) is 0 Å². The van der Waals surface area contributed by atoms with Crippen LogP contribution in [0.5, 0.6) is 0 Å². The number of unbranched alkanes of at least 4 members (excludes halogenated alkanes) is 6. The summed E-state index contributed by atoms with van der Waals surface area (Å²) >= 11 is 0. The zero-order chi connectivity index (χ0) is 46.3. The minimum absolute atomic E-state index is 0.168. The maximum atomic E-state index is 12.8. The number of hydrogen-bond donors (Lipinski definition) is 1. The van der Waals surface area contributed by atoms with E-state index in [1.165, 1.54) is 0 Å². The number of esters is 2. The molecule has 0 aromatic carbocycles. The van der Waals surface area contributed by atoms with Gasteiger partial charge < -0.3 is 28.5 Å². The Morgan fingerprint density at radius 2 is 0.857 bits per heavy atom. The Balaban J connectivity index is 4.51. The Labute approximate surface area is 383 Å². The highest BCUT2D eigenvalue weighted by Gasteiger charge is 2.25. The minimum Gasteiger partial charge on any atom is -0.477 e. The van der Waals surface area contributed by atoms with Crippen molar-refractivity contribution in [3.63, 3.8) is 0 Å². The van der Waals surface area contributed by atoms with Crippen molar-refractivity contribution in [2.45, 2.75) is 155 Å². The van der Waals surface area contributed by atoms with Gasteiger partial charge in [-0.1, -0.05) is 148 Å². The van der Waals surface area contributed by atoms with Crippen molar-refractivity contribution in [1.82, 2.24) is 0 Å². The van der Waals surface area contributed by atoms with E-state index in [-0.39, 0.29) is 32.7 Å². The number of carbonyl (C=O) groups excluding carboxylic acids is 2. The first-order valence-corrected chi connectivity index (χ1v) is 23.7. The Hall–Kier alpha value is -4.31. The fourth-order valence-corrected chi connectivity index (χ4v) is 5.59. The second-order valence-electron chi connectivity index (χ2n) is 16.3. The average Bonchev–Trinajstić information content (AvgIpc) is 3.24. The first kappa shape index (κ1) is 58.7. The zero-order valence-electron chi connectivity index (χ0n) is 39.9. The van der Waals surface area contributed by atoms with Crippen molar-refractivity contribution in [3.8, 4) is 0 Å². The second kappa shape index (κ2) is 44.3. The third kappa shape index (κ3) is 45.5. The lowest BCUT2D eigenvalue weighted by molar-refractivity contribution is -0.870. The molecule has 0 rings (SSSR count). The Bertz CT molecular complexity index is 1440. The molecule has 2 unspecified atom stereocenters. The molecule has 0 aliphatic rings. The molecular formula is C54H86NO8+. The molecule has 0 amide bonds. The number of likely N-dealkylation sites (N-methyl/N-ethyl adjacent to an activating group) is 1. The molecule has 9 nitrogen and oxygen atoms in total. The number of nitrogens with zero attached hydrogens (tertiary/aromatic N) is 1. The van der Waals surface area contributed by atoms with E-state index in [1.54, 1.807) is 0 Å². The molecule has 0 aromatic rings. The van der Waals surface area contributed by atoms with E-state index < -0.39 is 30.3 Å². The molecule has 0 heterocycles. The van der Waals surface area contributed by atoms with Gasteiger partial charge in [-0.15, -0.1) is 0 Å². The van der Waals surface area contributed by atoms with E-state index in [2.05, 4.69) is 135 Å². The number of rotatable bonds is 41. The second-order valence-corrected chi connectivity index (χ2v) is 16.3. The van der Waals surface area contributed by atoms with Gasteiger partial charge in [0.1, 0.15) is 13.2 Å². The number of quaternary nitrogens is 1. The summed E-state index contributed by atoms with van der Waals surface area (Å²) in [5, 5.41) is 9.64. The van der Waals surface area contributed by atoms with Gasteiger partial charge >= 0.3 is 17.9 Å². The number of carboxylic acid groups (broad SMARTS) is 1. The fraction of sp³-hybridized carbons (Fsp3) is 0.574. The van der Waals surface area contributed by atoms with Gasteiger partial charge in [0, 0.05) is 12.8 Å². The molecule has 2 atom stereocenters. The van der Waals surface area contributed by atoms with Crippen molar-refractivity contribution in [2.24, 2.45) is 0 Å². The first-order chi connectivity index (χ1) is 30.6. The van der Waals surface area contributed by atoms with Crippen molar-refractivity contribution in [2.75, 3.05) is 47.5 Å². The quantitative estimate of drug-likeness (QED) is 0.0213. The molecular weight excluding hydrogens is 791 g/mol. The predicted octanol–water partition coefficient (Wildman–Crippen LogP) is 13.0. The van der Waals surface area contributed by atoms with Gasteiger partial charge in [0.25, 0.3) is 6.29 Å². The highest BCUT2D eigenvalue weighted by Crippen LogP contribution is 2.11. The van der Waals surface area contributed by atoms with E-state index in [0.717, 1.165) is 103 Å². The summed E-state index contributed by atoms with van der Waals surface area (Å²) in [5.41, 5.74) is 0. The monoisotopic (exact) mass is 877 g/mol. The molecule has 0 aromatic heterocycles. The molecule has 0 radical (unpaired) electrons. The van der Waals surface area contributed by atoms with Crippen LogP contribution in [0.15, 0.2) is 122 Å². The largest absolute Gasteiger partial charge is 0.477 e. The number of aliphatic carboxylic acids is 1. The molecule has 9 heteroatoms. The summed E-state index contributed by atoms with van der Waals surface area (Å²) in [6.07, 6.45) is 58.4. The molecule has 354 valence electrons. The lowest BCUT2D eigenvalue weighted by atomic mass is 10.1. The summed E-state index contributed by atoms with van der Waals surface area (Å²) in [6.45, 7) is 4.52. The Morgan fingerprint density at radius 1 is 0.476 bits per heavy atom. The van der Waals surface area contributed by atoms with Gasteiger partial charge in [-0.25, -0.2) is 4.79 Å². The van der Waals surface area contributed by atoms with Crippen LogP contribution in [-0.2, 0) is 33.3 Å². The van der Waals surface area contributed by atoms with Crippen LogP contribution in [0.2, 0.25) is 0 Å². The molecule has 63 heavy (non-hydrogen) atoms. The molecule has 0 aliphatic heterocycles. The van der Waals surface area contributed by atoms with Crippen LogP contribution in [0.3, 0.4) is 0 Å². The molecule has 0 fully saturated rings. The van der Waals surface area contributed by atoms with Crippen LogP contribution in [0.1, 0.15) is 142 Å². The standard InChI is InChI=1S/C54H85NO8/c1-6-8-10-12-14-16-18-20-21-22-23-24-25-26-27-28-29-30-31-33-35-37-39-41-43-45-52(57)63-50(49-62-54(53(58)59)60-47-46-55(3,4)5)48-61-51(56)44-42-40-38-36-34-32-19-17-15-13-11-9-7-2/h8-11,14-17,20-21,23-24,26-27,29-30,32-35,50,54H,6-7,12-13,18-19,22,25,28,31,36-49H2,1-5H3/p+1/b10-8-,11-9-,16-14-,17-15-,21-20-,24-23-,27-26-,30-29-,34-32-,35-33-. The van der Waals surface area contributed by atoms with E-state index in [9.17, 15) is 19.5 Å². The molecule has 0 saturated heterocycles. The maximum Gasteiger partial charge on any atom is 0.361 e. The summed E-state index contributed by atoms with van der Waals surface area (Å²) in [6, 6.07) is 0. The molecule has 0 saturated carbocycles. The minimum atomic E-state index is -1.53. The highest BCUT2D eigenvalue weighted by molar-refractivity contribution is 5.71. The van der Waals surface area contributed by atoms with Crippen LogP contribution in [0.25, 0.3) is 0 Å². The van der Waals surface area contributed by atoms with E-state index >= 15 is 0 Å². The van der Waals surface area contributed by atoms with Crippen LogP contribution >= 0.6 is 0 Å². The SMILES string of the molecule is CC/C=C\C/C=C\C/C=C\C/C=C\C/C=C\C/C=C\C/C=C\CCCCCC(=O)OC(COC(=O)CCCCC/C=C\C/C=C\C/C=C\CC)COC(OCC[N+](C)(C)C)C(=O)O. The smallest absolute Gasteiger partial charge is 0.361 e.